The van der Waals surface area contributed by atoms with E-state index in [9.17, 15) is 0 Å². The Morgan fingerprint density at radius 2 is 2.50 bits per heavy atom. The predicted molar refractivity (Wildman–Crippen MR) is 42.1 cm³/mol. The lowest BCUT2D eigenvalue weighted by Gasteiger charge is -2.31. The summed E-state index contributed by atoms with van der Waals surface area (Å²) in [6, 6.07) is 2.45. The van der Waals surface area contributed by atoms with E-state index in [1.807, 2.05) is 5.38 Å². The molecule has 1 aliphatic carbocycles. The van der Waals surface area contributed by atoms with Crippen molar-refractivity contribution in [2.45, 2.75) is 24.8 Å². The average molecular weight is 154 g/mol. The molecule has 1 aromatic rings. The number of hydrogen-bond acceptors (Lipinski definition) is 3. The number of hydrogen-bond donors (Lipinski definition) is 1. The van der Waals surface area contributed by atoms with Crippen molar-refractivity contribution in [3.05, 3.63) is 17.1 Å². The minimum absolute atomic E-state index is 0.377. The minimum Gasteiger partial charge on any atom is -0.327 e. The summed E-state index contributed by atoms with van der Waals surface area (Å²) in [5.74, 6) is 0.561. The fourth-order valence-corrected chi connectivity index (χ4v) is 1.89. The molecule has 0 saturated heterocycles. The minimum atomic E-state index is 0.377. The molecule has 0 bridgehead atoms. The van der Waals surface area contributed by atoms with Gasteiger partial charge < -0.3 is 5.73 Å². The van der Waals surface area contributed by atoms with E-state index in [1.165, 1.54) is 30.1 Å². The Morgan fingerprint density at radius 3 is 2.90 bits per heavy atom. The largest absolute Gasteiger partial charge is 0.327 e. The van der Waals surface area contributed by atoms with Crippen molar-refractivity contribution < 1.29 is 0 Å². The highest BCUT2D eigenvalue weighted by atomic mass is 32.1. The molecule has 1 aliphatic rings. The Morgan fingerprint density at radius 1 is 1.60 bits per heavy atom. The van der Waals surface area contributed by atoms with Crippen LogP contribution < -0.4 is 5.73 Å². The zero-order chi connectivity index (χ0) is 6.97. The van der Waals surface area contributed by atoms with E-state index in [2.05, 4.69) is 10.4 Å². The number of nitrogens with two attached hydrogens (primary N) is 1. The summed E-state index contributed by atoms with van der Waals surface area (Å²) in [4.78, 5) is 0. The summed E-state index contributed by atoms with van der Waals surface area (Å²) in [5, 5.41) is 2.01. The van der Waals surface area contributed by atoms with E-state index in [0.29, 0.717) is 12.0 Å². The smallest absolute Gasteiger partial charge is 0.0588 e. The Hall–Kier alpha value is -0.410. The van der Waals surface area contributed by atoms with Crippen LogP contribution in [-0.2, 0) is 0 Å². The van der Waals surface area contributed by atoms with Gasteiger partial charge in [-0.15, -0.1) is 0 Å². The van der Waals surface area contributed by atoms with Crippen molar-refractivity contribution in [3.63, 3.8) is 0 Å². The Labute approximate surface area is 64.2 Å². The van der Waals surface area contributed by atoms with E-state index < -0.39 is 0 Å². The molecule has 0 aromatic carbocycles. The Balaban J connectivity index is 2.14. The predicted octanol–water partition coefficient (Wildman–Crippen LogP) is 1.35. The molecule has 0 amide bonds. The average Bonchev–Trinajstić information content (AvgIpc) is 2.37. The first kappa shape index (κ1) is 6.31. The van der Waals surface area contributed by atoms with Gasteiger partial charge >= 0.3 is 0 Å². The molecule has 2 nitrogen and oxygen atoms in total. The van der Waals surface area contributed by atoms with Gasteiger partial charge in [-0.25, -0.2) is 0 Å². The van der Waals surface area contributed by atoms with Crippen LogP contribution in [0, 0.1) is 0 Å². The SMILES string of the molecule is NC1CCC1c1ccsn1. The normalized spacial score (nSPS) is 31.7. The monoisotopic (exact) mass is 154 g/mol. The zero-order valence-corrected chi connectivity index (χ0v) is 6.47. The van der Waals surface area contributed by atoms with E-state index in [4.69, 9.17) is 5.73 Å². The van der Waals surface area contributed by atoms with Crippen LogP contribution in [-0.4, -0.2) is 10.4 Å². The molecular formula is C7H10N2S. The van der Waals surface area contributed by atoms with E-state index in [0.717, 1.165) is 0 Å². The van der Waals surface area contributed by atoms with Crippen molar-refractivity contribution >= 4 is 11.5 Å². The molecule has 0 spiro atoms. The second-order valence-electron chi connectivity index (χ2n) is 2.77. The van der Waals surface area contributed by atoms with Gasteiger partial charge in [-0.1, -0.05) is 0 Å². The molecular weight excluding hydrogens is 144 g/mol. The van der Waals surface area contributed by atoms with Crippen molar-refractivity contribution in [1.29, 1.82) is 0 Å². The quantitative estimate of drug-likeness (QED) is 0.663. The Bertz CT molecular complexity index is 207. The molecule has 2 N–H and O–H groups in total. The first-order valence-corrected chi connectivity index (χ1v) is 4.37. The Kier molecular flexibility index (Phi) is 1.47. The van der Waals surface area contributed by atoms with Gasteiger partial charge in [-0.3, -0.25) is 0 Å². The van der Waals surface area contributed by atoms with Crippen LogP contribution in [0.1, 0.15) is 24.5 Å². The highest BCUT2D eigenvalue weighted by Crippen LogP contribution is 2.34. The first-order valence-electron chi connectivity index (χ1n) is 3.54. The summed E-state index contributed by atoms with van der Waals surface area (Å²) in [6.45, 7) is 0. The topological polar surface area (TPSA) is 38.9 Å². The van der Waals surface area contributed by atoms with Crippen molar-refractivity contribution in [1.82, 2.24) is 4.37 Å². The summed E-state index contributed by atoms with van der Waals surface area (Å²) in [7, 11) is 0. The maximum absolute atomic E-state index is 5.78. The van der Waals surface area contributed by atoms with Crippen molar-refractivity contribution in [3.8, 4) is 0 Å². The summed E-state index contributed by atoms with van der Waals surface area (Å²) in [6.07, 6.45) is 2.40. The van der Waals surface area contributed by atoms with E-state index in [1.54, 1.807) is 0 Å². The van der Waals surface area contributed by atoms with E-state index in [-0.39, 0.29) is 0 Å². The first-order chi connectivity index (χ1) is 4.88. The van der Waals surface area contributed by atoms with Gasteiger partial charge in [0.25, 0.3) is 0 Å². The van der Waals surface area contributed by atoms with Gasteiger partial charge in [0.05, 0.1) is 5.69 Å². The van der Waals surface area contributed by atoms with Crippen LogP contribution in [0.25, 0.3) is 0 Å². The number of aromatic nitrogens is 1. The van der Waals surface area contributed by atoms with Gasteiger partial charge in [0, 0.05) is 17.3 Å². The molecule has 1 fully saturated rings. The van der Waals surface area contributed by atoms with Crippen LogP contribution in [0.2, 0.25) is 0 Å². The lowest BCUT2D eigenvalue weighted by molar-refractivity contribution is 0.342. The molecule has 2 unspecified atom stereocenters. The highest BCUT2D eigenvalue weighted by Gasteiger charge is 2.29. The standard InChI is InChI=1S/C7H10N2S/c8-6-2-1-5(6)7-3-4-10-9-7/h3-6H,1-2,8H2. The van der Waals surface area contributed by atoms with Crippen LogP contribution in [0.15, 0.2) is 11.4 Å². The lowest BCUT2D eigenvalue weighted by atomic mass is 9.78. The second-order valence-corrected chi connectivity index (χ2v) is 3.44. The molecule has 1 heterocycles. The maximum atomic E-state index is 5.78. The number of nitrogens with zero attached hydrogens (tertiary/aromatic N) is 1. The van der Waals surface area contributed by atoms with Gasteiger partial charge in [0.15, 0.2) is 0 Å². The third kappa shape index (κ3) is 0.859. The maximum Gasteiger partial charge on any atom is 0.0588 e. The van der Waals surface area contributed by atoms with Crippen molar-refractivity contribution in [2.75, 3.05) is 0 Å². The molecule has 2 atom stereocenters. The molecule has 1 saturated carbocycles. The third-order valence-corrected chi connectivity index (χ3v) is 2.74. The molecule has 2 rings (SSSR count). The highest BCUT2D eigenvalue weighted by molar-refractivity contribution is 7.03. The lowest BCUT2D eigenvalue weighted by Crippen LogP contribution is -2.37. The molecule has 54 valence electrons. The molecule has 3 heteroatoms. The van der Waals surface area contributed by atoms with Crippen LogP contribution in [0.5, 0.6) is 0 Å². The van der Waals surface area contributed by atoms with Crippen LogP contribution >= 0.6 is 11.5 Å². The summed E-state index contributed by atoms with van der Waals surface area (Å²) >= 11 is 1.51. The van der Waals surface area contributed by atoms with E-state index >= 15 is 0 Å². The van der Waals surface area contributed by atoms with Crippen LogP contribution in [0.3, 0.4) is 0 Å². The van der Waals surface area contributed by atoms with Gasteiger partial charge in [-0.2, -0.15) is 4.37 Å². The van der Waals surface area contributed by atoms with Crippen LogP contribution in [0.4, 0.5) is 0 Å². The molecule has 10 heavy (non-hydrogen) atoms. The fraction of sp³-hybridized carbons (Fsp3) is 0.571. The third-order valence-electron chi connectivity index (χ3n) is 2.17. The molecule has 0 radical (unpaired) electrons. The van der Waals surface area contributed by atoms with Crippen molar-refractivity contribution in [2.24, 2.45) is 5.73 Å². The fourth-order valence-electron chi connectivity index (χ4n) is 1.31. The second kappa shape index (κ2) is 2.32. The van der Waals surface area contributed by atoms with Gasteiger partial charge in [0.1, 0.15) is 0 Å². The van der Waals surface area contributed by atoms with Gasteiger partial charge in [0.2, 0.25) is 0 Å². The summed E-state index contributed by atoms with van der Waals surface area (Å²) in [5.41, 5.74) is 6.98. The zero-order valence-electron chi connectivity index (χ0n) is 5.66. The summed E-state index contributed by atoms with van der Waals surface area (Å²) < 4.78 is 4.25. The number of rotatable bonds is 1. The van der Waals surface area contributed by atoms with Gasteiger partial charge in [-0.05, 0) is 30.4 Å². The molecule has 0 aliphatic heterocycles. The molecule has 1 aromatic heterocycles.